The molecule has 2 fully saturated rings. The number of nitrogens with one attached hydrogen (secondary N) is 1. The summed E-state index contributed by atoms with van der Waals surface area (Å²) in [4.78, 5) is 14.6. The lowest BCUT2D eigenvalue weighted by Crippen LogP contribution is -2.39. The van der Waals surface area contributed by atoms with Crippen molar-refractivity contribution in [1.82, 2.24) is 9.62 Å². The van der Waals surface area contributed by atoms with Crippen LogP contribution < -0.4 is 4.72 Å². The van der Waals surface area contributed by atoms with Gasteiger partial charge in [-0.25, -0.2) is 21.9 Å². The summed E-state index contributed by atoms with van der Waals surface area (Å²) >= 11 is 0. The van der Waals surface area contributed by atoms with Crippen LogP contribution in [0, 0.1) is 17.6 Å². The van der Waals surface area contributed by atoms with Crippen molar-refractivity contribution in [2.75, 3.05) is 18.8 Å². The van der Waals surface area contributed by atoms with Crippen LogP contribution in [-0.4, -0.2) is 44.1 Å². The molecule has 2 aliphatic rings. The molecule has 0 spiro atoms. The number of halogens is 2. The highest BCUT2D eigenvalue weighted by Crippen LogP contribution is 2.51. The number of amides is 1. The van der Waals surface area contributed by atoms with E-state index in [0.29, 0.717) is 31.5 Å². The van der Waals surface area contributed by atoms with Gasteiger partial charge in [0.05, 0.1) is 11.3 Å². The Morgan fingerprint density at radius 1 is 1.13 bits per heavy atom. The lowest BCUT2D eigenvalue weighted by Gasteiger charge is -2.18. The summed E-state index contributed by atoms with van der Waals surface area (Å²) in [6.45, 7) is 2.43. The van der Waals surface area contributed by atoms with Gasteiger partial charge in [-0.1, -0.05) is 30.3 Å². The predicted octanol–water partition coefficient (Wildman–Crippen LogP) is 3.28. The lowest BCUT2D eigenvalue weighted by molar-refractivity contribution is -0.131. The second-order valence-electron chi connectivity index (χ2n) is 7.92. The van der Waals surface area contributed by atoms with Crippen LogP contribution in [0.1, 0.15) is 31.2 Å². The second kappa shape index (κ2) is 8.07. The van der Waals surface area contributed by atoms with Crippen molar-refractivity contribution < 1.29 is 22.0 Å². The van der Waals surface area contributed by atoms with Gasteiger partial charge in [-0.05, 0) is 48.9 Å². The summed E-state index contributed by atoms with van der Waals surface area (Å²) in [5, 5.41) is 0. The van der Waals surface area contributed by atoms with E-state index in [1.54, 1.807) is 24.0 Å². The van der Waals surface area contributed by atoms with E-state index in [2.05, 4.69) is 4.72 Å². The Kier molecular flexibility index (Phi) is 5.63. The molecule has 0 radical (unpaired) electrons. The Balaban J connectivity index is 1.49. The van der Waals surface area contributed by atoms with E-state index >= 15 is 0 Å². The minimum absolute atomic E-state index is 0.00549. The SMILES string of the molecule is CCS(=O)(=O)N[C@@H]1CCN(C(=O)[C@@H]2C[C@H]2c2ccccc2-c2c(F)cccc2F)C1. The molecule has 2 aromatic carbocycles. The van der Waals surface area contributed by atoms with E-state index in [-0.39, 0.29) is 35.1 Å². The van der Waals surface area contributed by atoms with Crippen LogP contribution in [0.15, 0.2) is 42.5 Å². The monoisotopic (exact) mass is 434 g/mol. The van der Waals surface area contributed by atoms with Crippen LogP contribution in [-0.2, 0) is 14.8 Å². The molecule has 0 aromatic heterocycles. The Morgan fingerprint density at radius 3 is 2.53 bits per heavy atom. The summed E-state index contributed by atoms with van der Waals surface area (Å²) in [5.41, 5.74) is 1.17. The molecule has 3 atom stereocenters. The molecular weight excluding hydrogens is 410 g/mol. The van der Waals surface area contributed by atoms with Crippen molar-refractivity contribution in [3.8, 4) is 11.1 Å². The third-order valence-corrected chi connectivity index (χ3v) is 7.38. The highest BCUT2D eigenvalue weighted by atomic mass is 32.2. The maximum absolute atomic E-state index is 14.3. The van der Waals surface area contributed by atoms with Gasteiger partial charge in [0.2, 0.25) is 15.9 Å². The molecule has 2 aromatic rings. The molecule has 1 saturated heterocycles. The average Bonchev–Trinajstić information content (AvgIpc) is 3.38. The molecule has 1 aliphatic carbocycles. The zero-order valence-electron chi connectivity index (χ0n) is 16.6. The molecule has 1 aliphatic heterocycles. The molecule has 5 nitrogen and oxygen atoms in total. The summed E-state index contributed by atoms with van der Waals surface area (Å²) in [6.07, 6.45) is 1.20. The number of rotatable bonds is 6. The second-order valence-corrected chi connectivity index (χ2v) is 9.97. The minimum atomic E-state index is -3.31. The van der Waals surface area contributed by atoms with Gasteiger partial charge >= 0.3 is 0 Å². The molecule has 1 amide bonds. The highest BCUT2D eigenvalue weighted by Gasteiger charge is 2.48. The normalized spacial score (nSPS) is 23.6. The average molecular weight is 435 g/mol. The quantitative estimate of drug-likeness (QED) is 0.759. The number of carbonyl (C=O) groups excluding carboxylic acids is 1. The van der Waals surface area contributed by atoms with Gasteiger partial charge in [0.25, 0.3) is 0 Å². The molecule has 1 N–H and O–H groups in total. The van der Waals surface area contributed by atoms with Crippen molar-refractivity contribution in [2.24, 2.45) is 5.92 Å². The van der Waals surface area contributed by atoms with Gasteiger partial charge in [-0.3, -0.25) is 4.79 Å². The maximum Gasteiger partial charge on any atom is 0.226 e. The van der Waals surface area contributed by atoms with Crippen LogP contribution >= 0.6 is 0 Å². The van der Waals surface area contributed by atoms with Gasteiger partial charge in [0.15, 0.2) is 0 Å². The molecule has 0 bridgehead atoms. The largest absolute Gasteiger partial charge is 0.341 e. The van der Waals surface area contributed by atoms with E-state index in [9.17, 15) is 22.0 Å². The topological polar surface area (TPSA) is 66.5 Å². The molecule has 160 valence electrons. The van der Waals surface area contributed by atoms with E-state index < -0.39 is 21.7 Å². The van der Waals surface area contributed by atoms with Crippen LogP contribution in [0.2, 0.25) is 0 Å². The number of sulfonamides is 1. The van der Waals surface area contributed by atoms with Crippen LogP contribution in [0.4, 0.5) is 8.78 Å². The molecular formula is C22H24F2N2O3S. The van der Waals surface area contributed by atoms with E-state index in [1.807, 2.05) is 12.1 Å². The molecule has 4 rings (SSSR count). The van der Waals surface area contributed by atoms with E-state index in [4.69, 9.17) is 0 Å². The van der Waals surface area contributed by atoms with E-state index in [1.165, 1.54) is 18.2 Å². The lowest BCUT2D eigenvalue weighted by atomic mass is 9.95. The fourth-order valence-corrected chi connectivity index (χ4v) is 5.11. The molecule has 1 heterocycles. The summed E-state index contributed by atoms with van der Waals surface area (Å²) in [7, 11) is -3.31. The summed E-state index contributed by atoms with van der Waals surface area (Å²) in [5.74, 6) is -1.62. The third kappa shape index (κ3) is 4.11. The number of hydrogen-bond donors (Lipinski definition) is 1. The molecule has 30 heavy (non-hydrogen) atoms. The number of likely N-dealkylation sites (tertiary alicyclic amines) is 1. The zero-order chi connectivity index (χ0) is 21.5. The van der Waals surface area contributed by atoms with E-state index in [0.717, 1.165) is 5.56 Å². The third-order valence-electron chi connectivity index (χ3n) is 5.93. The number of benzene rings is 2. The number of nitrogens with zero attached hydrogens (tertiary/aromatic N) is 1. The predicted molar refractivity (Wildman–Crippen MR) is 110 cm³/mol. The first-order chi connectivity index (χ1) is 14.3. The Labute approximate surface area is 175 Å². The van der Waals surface area contributed by atoms with Crippen molar-refractivity contribution in [2.45, 2.75) is 31.7 Å². The zero-order valence-corrected chi connectivity index (χ0v) is 17.5. The first-order valence-corrected chi connectivity index (χ1v) is 11.8. The Bertz CT molecular complexity index is 1050. The molecule has 0 unspecified atom stereocenters. The first-order valence-electron chi connectivity index (χ1n) is 10.1. The van der Waals surface area contributed by atoms with Crippen LogP contribution in [0.3, 0.4) is 0 Å². The van der Waals surface area contributed by atoms with Crippen molar-refractivity contribution >= 4 is 15.9 Å². The van der Waals surface area contributed by atoms with Crippen LogP contribution in [0.5, 0.6) is 0 Å². The van der Waals surface area contributed by atoms with Crippen LogP contribution in [0.25, 0.3) is 11.1 Å². The summed E-state index contributed by atoms with van der Waals surface area (Å²) in [6, 6.07) is 10.6. The Morgan fingerprint density at radius 2 is 1.83 bits per heavy atom. The maximum atomic E-state index is 14.3. The van der Waals surface area contributed by atoms with Gasteiger partial charge in [-0.2, -0.15) is 0 Å². The van der Waals surface area contributed by atoms with Gasteiger partial charge in [-0.15, -0.1) is 0 Å². The summed E-state index contributed by atoms with van der Waals surface area (Å²) < 4.78 is 54.8. The smallest absolute Gasteiger partial charge is 0.226 e. The standard InChI is InChI=1S/C22H24F2N2O3S/c1-2-30(28,29)25-14-10-11-26(13-14)22(27)18-12-17(18)15-6-3-4-7-16(15)21-19(23)8-5-9-20(21)24/h3-9,14,17-18,25H,2,10-13H2,1H3/t14-,17+,18-/m1/s1. The number of hydrogen-bond acceptors (Lipinski definition) is 3. The van der Waals surface area contributed by atoms with Gasteiger partial charge in [0, 0.05) is 25.0 Å². The highest BCUT2D eigenvalue weighted by molar-refractivity contribution is 7.89. The fourth-order valence-electron chi connectivity index (χ4n) is 4.24. The van der Waals surface area contributed by atoms with Crippen molar-refractivity contribution in [1.29, 1.82) is 0 Å². The minimum Gasteiger partial charge on any atom is -0.341 e. The number of carbonyl (C=O) groups is 1. The first kappa shape index (κ1) is 20.9. The fraction of sp³-hybridized carbons (Fsp3) is 0.409. The van der Waals surface area contributed by atoms with Crippen molar-refractivity contribution in [3.63, 3.8) is 0 Å². The van der Waals surface area contributed by atoms with Crippen molar-refractivity contribution in [3.05, 3.63) is 59.7 Å². The molecule has 1 saturated carbocycles. The Hall–Kier alpha value is -2.32. The molecule has 8 heteroatoms. The van der Waals surface area contributed by atoms with Gasteiger partial charge < -0.3 is 4.90 Å². The van der Waals surface area contributed by atoms with Gasteiger partial charge in [0.1, 0.15) is 11.6 Å².